The summed E-state index contributed by atoms with van der Waals surface area (Å²) in [6.45, 7) is 4.03. The Hall–Kier alpha value is -1.36. The average molecular weight is 295 g/mol. The maximum Gasteiger partial charge on any atom is 0.307 e. The van der Waals surface area contributed by atoms with E-state index in [1.165, 1.54) is 9.75 Å². The number of carboxylic acid groups (broad SMARTS) is 1. The van der Waals surface area contributed by atoms with E-state index >= 15 is 0 Å². The van der Waals surface area contributed by atoms with Crippen LogP contribution in [-0.2, 0) is 16.0 Å². The molecule has 0 saturated heterocycles. The van der Waals surface area contributed by atoms with Gasteiger partial charge in [-0.3, -0.25) is 9.59 Å². The fourth-order valence-corrected chi connectivity index (χ4v) is 3.89. The number of thiophene rings is 1. The molecule has 20 heavy (non-hydrogen) atoms. The Morgan fingerprint density at radius 2 is 2.10 bits per heavy atom. The first-order valence-electron chi connectivity index (χ1n) is 7.06. The molecular formula is C15H21NO3S. The van der Waals surface area contributed by atoms with Crippen LogP contribution in [0, 0.1) is 18.8 Å². The van der Waals surface area contributed by atoms with Gasteiger partial charge in [0.2, 0.25) is 5.91 Å². The zero-order chi connectivity index (χ0) is 14.7. The van der Waals surface area contributed by atoms with Crippen molar-refractivity contribution in [3.8, 4) is 0 Å². The predicted molar refractivity (Wildman–Crippen MR) is 78.8 cm³/mol. The fraction of sp³-hybridized carbons (Fsp3) is 0.600. The summed E-state index contributed by atoms with van der Waals surface area (Å²) in [7, 11) is 0. The molecule has 2 rings (SSSR count). The van der Waals surface area contributed by atoms with Gasteiger partial charge in [-0.15, -0.1) is 11.3 Å². The molecular weight excluding hydrogens is 274 g/mol. The van der Waals surface area contributed by atoms with Gasteiger partial charge in [-0.05, 0) is 38.8 Å². The summed E-state index contributed by atoms with van der Waals surface area (Å²) >= 11 is 1.74. The Bertz CT molecular complexity index is 497. The Morgan fingerprint density at radius 3 is 2.70 bits per heavy atom. The van der Waals surface area contributed by atoms with E-state index in [2.05, 4.69) is 24.4 Å². The number of carbonyl (C=O) groups is 2. The highest BCUT2D eigenvalue weighted by Crippen LogP contribution is 2.32. The third-order valence-electron chi connectivity index (χ3n) is 3.86. The summed E-state index contributed by atoms with van der Waals surface area (Å²) in [6.07, 6.45) is 2.93. The second-order valence-corrected chi connectivity index (χ2v) is 6.98. The van der Waals surface area contributed by atoms with Crippen molar-refractivity contribution in [1.82, 2.24) is 5.32 Å². The Kier molecular flexibility index (Phi) is 4.81. The molecule has 3 unspecified atom stereocenters. The van der Waals surface area contributed by atoms with Crippen LogP contribution in [0.25, 0.3) is 0 Å². The first-order valence-corrected chi connectivity index (χ1v) is 7.87. The van der Waals surface area contributed by atoms with Gasteiger partial charge in [0.1, 0.15) is 0 Å². The van der Waals surface area contributed by atoms with Gasteiger partial charge in [0.15, 0.2) is 0 Å². The zero-order valence-electron chi connectivity index (χ0n) is 11.9. The van der Waals surface area contributed by atoms with Gasteiger partial charge in [-0.1, -0.05) is 6.42 Å². The summed E-state index contributed by atoms with van der Waals surface area (Å²) in [4.78, 5) is 25.8. The zero-order valence-corrected chi connectivity index (χ0v) is 12.7. The minimum atomic E-state index is -0.843. The molecule has 0 spiro atoms. The van der Waals surface area contributed by atoms with Crippen LogP contribution in [0.5, 0.6) is 0 Å². The normalized spacial score (nSPS) is 23.5. The smallest absolute Gasteiger partial charge is 0.307 e. The summed E-state index contributed by atoms with van der Waals surface area (Å²) < 4.78 is 0. The molecule has 1 amide bonds. The van der Waals surface area contributed by atoms with Gasteiger partial charge in [-0.25, -0.2) is 0 Å². The lowest BCUT2D eigenvalue weighted by molar-refractivity contribution is -0.146. The topological polar surface area (TPSA) is 66.4 Å². The molecule has 1 saturated carbocycles. The van der Waals surface area contributed by atoms with Gasteiger partial charge in [0.05, 0.1) is 11.8 Å². The SMILES string of the molecule is Cc1ccc(CC(C)NC(=O)C2CCCC2C(=O)O)s1. The van der Waals surface area contributed by atoms with Crippen molar-refractivity contribution in [2.24, 2.45) is 11.8 Å². The molecule has 1 aliphatic rings. The van der Waals surface area contributed by atoms with E-state index in [1.54, 1.807) is 11.3 Å². The number of carbonyl (C=O) groups excluding carboxylic acids is 1. The van der Waals surface area contributed by atoms with E-state index in [9.17, 15) is 9.59 Å². The van der Waals surface area contributed by atoms with Crippen LogP contribution < -0.4 is 5.32 Å². The molecule has 5 heteroatoms. The molecule has 4 nitrogen and oxygen atoms in total. The van der Waals surface area contributed by atoms with Crippen molar-refractivity contribution >= 4 is 23.2 Å². The number of nitrogens with one attached hydrogen (secondary N) is 1. The van der Waals surface area contributed by atoms with Crippen molar-refractivity contribution in [1.29, 1.82) is 0 Å². The van der Waals surface area contributed by atoms with Crippen molar-refractivity contribution < 1.29 is 14.7 Å². The molecule has 0 bridgehead atoms. The van der Waals surface area contributed by atoms with Gasteiger partial charge in [0.25, 0.3) is 0 Å². The van der Waals surface area contributed by atoms with Gasteiger partial charge >= 0.3 is 5.97 Å². The summed E-state index contributed by atoms with van der Waals surface area (Å²) in [6, 6.07) is 4.19. The first kappa shape index (κ1) is 15.0. The van der Waals surface area contributed by atoms with Gasteiger partial charge < -0.3 is 10.4 Å². The summed E-state index contributed by atoms with van der Waals surface area (Å²) in [5, 5.41) is 12.1. The second kappa shape index (κ2) is 6.39. The first-order chi connectivity index (χ1) is 9.47. The number of rotatable bonds is 5. The van der Waals surface area contributed by atoms with Crippen molar-refractivity contribution in [3.05, 3.63) is 21.9 Å². The Balaban J connectivity index is 1.89. The fourth-order valence-electron chi connectivity index (χ4n) is 2.87. The lowest BCUT2D eigenvalue weighted by Gasteiger charge is -2.19. The minimum absolute atomic E-state index is 0.0376. The van der Waals surface area contributed by atoms with Crippen LogP contribution in [0.3, 0.4) is 0 Å². The largest absolute Gasteiger partial charge is 0.481 e. The minimum Gasteiger partial charge on any atom is -0.481 e. The van der Waals surface area contributed by atoms with Gasteiger partial charge in [0, 0.05) is 22.2 Å². The molecule has 2 N–H and O–H groups in total. The van der Waals surface area contributed by atoms with Crippen LogP contribution in [-0.4, -0.2) is 23.0 Å². The van der Waals surface area contributed by atoms with E-state index in [4.69, 9.17) is 5.11 Å². The maximum atomic E-state index is 12.2. The molecule has 1 aliphatic carbocycles. The van der Waals surface area contributed by atoms with Crippen LogP contribution in [0.2, 0.25) is 0 Å². The summed E-state index contributed by atoms with van der Waals surface area (Å²) in [5.74, 6) is -1.81. The molecule has 0 radical (unpaired) electrons. The van der Waals surface area contributed by atoms with E-state index in [1.807, 2.05) is 6.92 Å². The van der Waals surface area contributed by atoms with Crippen molar-refractivity contribution in [2.45, 2.75) is 45.6 Å². The molecule has 1 fully saturated rings. The number of aliphatic carboxylic acids is 1. The maximum absolute atomic E-state index is 12.2. The highest BCUT2D eigenvalue weighted by atomic mass is 32.1. The Labute approximate surface area is 123 Å². The van der Waals surface area contributed by atoms with E-state index < -0.39 is 11.9 Å². The van der Waals surface area contributed by atoms with E-state index in [0.717, 1.165) is 12.8 Å². The highest BCUT2D eigenvalue weighted by molar-refractivity contribution is 7.11. The highest BCUT2D eigenvalue weighted by Gasteiger charge is 2.37. The van der Waals surface area contributed by atoms with Crippen LogP contribution >= 0.6 is 11.3 Å². The average Bonchev–Trinajstić information content (AvgIpc) is 2.97. The van der Waals surface area contributed by atoms with Gasteiger partial charge in [-0.2, -0.15) is 0 Å². The number of hydrogen-bond donors (Lipinski definition) is 2. The summed E-state index contributed by atoms with van der Waals surface area (Å²) in [5.41, 5.74) is 0. The Morgan fingerprint density at radius 1 is 1.40 bits per heavy atom. The number of carboxylic acids is 1. The van der Waals surface area contributed by atoms with Crippen molar-refractivity contribution in [3.63, 3.8) is 0 Å². The molecule has 0 aliphatic heterocycles. The molecule has 1 heterocycles. The quantitative estimate of drug-likeness (QED) is 0.877. The lowest BCUT2D eigenvalue weighted by Crippen LogP contribution is -2.40. The molecule has 1 aromatic heterocycles. The monoisotopic (exact) mass is 295 g/mol. The molecule has 1 aromatic rings. The third kappa shape index (κ3) is 3.60. The third-order valence-corrected chi connectivity index (χ3v) is 4.88. The molecule has 0 aromatic carbocycles. The standard InChI is InChI=1S/C15H21NO3S/c1-9(8-11-7-6-10(2)20-11)16-14(17)12-4-3-5-13(12)15(18)19/h6-7,9,12-13H,3-5,8H2,1-2H3,(H,16,17)(H,18,19). The molecule has 3 atom stereocenters. The van der Waals surface area contributed by atoms with Crippen LogP contribution in [0.4, 0.5) is 0 Å². The molecule has 110 valence electrons. The number of aryl methyl sites for hydroxylation is 1. The van der Waals surface area contributed by atoms with E-state index in [0.29, 0.717) is 12.8 Å². The van der Waals surface area contributed by atoms with Crippen molar-refractivity contribution in [2.75, 3.05) is 0 Å². The second-order valence-electron chi connectivity index (χ2n) is 5.61. The van der Waals surface area contributed by atoms with Crippen LogP contribution in [0.15, 0.2) is 12.1 Å². The lowest BCUT2D eigenvalue weighted by atomic mass is 9.95. The number of amides is 1. The van der Waals surface area contributed by atoms with E-state index in [-0.39, 0.29) is 17.9 Å². The van der Waals surface area contributed by atoms with Crippen LogP contribution in [0.1, 0.15) is 35.9 Å². The number of hydrogen-bond acceptors (Lipinski definition) is 3. The predicted octanol–water partition coefficient (Wildman–Crippen LogP) is 2.60.